The van der Waals surface area contributed by atoms with Gasteiger partial charge in [0.05, 0.1) is 12.6 Å². The van der Waals surface area contributed by atoms with E-state index < -0.39 is 42.5 Å². The molecule has 0 spiro atoms. The van der Waals surface area contributed by atoms with Crippen molar-refractivity contribution in [1.82, 2.24) is 10.6 Å². The Kier molecular flexibility index (Phi) is 10.1. The summed E-state index contributed by atoms with van der Waals surface area (Å²) in [6, 6.07) is 5.43. The van der Waals surface area contributed by atoms with Crippen molar-refractivity contribution >= 4 is 23.7 Å². The van der Waals surface area contributed by atoms with Crippen LogP contribution < -0.4 is 27.8 Å². The number of carbonyl (C=O) groups is 3. The number of rotatable bonds is 12. The molecule has 0 radical (unpaired) electrons. The van der Waals surface area contributed by atoms with Gasteiger partial charge in [-0.15, -0.1) is 0 Å². The van der Waals surface area contributed by atoms with E-state index >= 15 is 0 Å². The Morgan fingerprint density at radius 3 is 2.21 bits per heavy atom. The summed E-state index contributed by atoms with van der Waals surface area (Å²) in [4.78, 5) is 39.8. The highest BCUT2D eigenvalue weighted by Crippen LogP contribution is 2.05. The van der Waals surface area contributed by atoms with Crippen LogP contribution in [0.4, 0.5) is 0 Å². The van der Waals surface area contributed by atoms with E-state index in [-0.39, 0.29) is 18.8 Å². The van der Waals surface area contributed by atoms with Crippen molar-refractivity contribution in [3.8, 4) is 0 Å². The lowest BCUT2D eigenvalue weighted by molar-refractivity contribution is -0.143. The highest BCUT2D eigenvalue weighted by Gasteiger charge is 2.27. The molecule has 0 aromatic heterocycles. The van der Waals surface area contributed by atoms with Gasteiger partial charge in [0, 0.05) is 13.0 Å². The molecule has 0 saturated heterocycles. The summed E-state index contributed by atoms with van der Waals surface area (Å²) in [5.74, 6) is -2.75. The molecule has 0 saturated carbocycles. The zero-order valence-corrected chi connectivity index (χ0v) is 16.0. The average Bonchev–Trinajstić information content (AvgIpc) is 2.68. The summed E-state index contributed by atoms with van der Waals surface area (Å²) in [5.41, 5.74) is 17.1. The smallest absolute Gasteiger partial charge is 0.328 e. The number of hydrogen-bond donors (Lipinski definition) is 7. The van der Waals surface area contributed by atoms with E-state index in [0.717, 1.165) is 5.56 Å². The highest BCUT2D eigenvalue weighted by atomic mass is 16.4. The van der Waals surface area contributed by atoms with E-state index in [1.807, 2.05) is 0 Å². The second-order valence-electron chi connectivity index (χ2n) is 6.39. The first-order valence-electron chi connectivity index (χ1n) is 9.04. The van der Waals surface area contributed by atoms with Crippen LogP contribution in [0.3, 0.4) is 0 Å². The van der Waals surface area contributed by atoms with Crippen LogP contribution in [-0.4, -0.2) is 65.2 Å². The molecule has 0 unspecified atom stereocenters. The third-order valence-electron chi connectivity index (χ3n) is 4.02. The fourth-order valence-electron chi connectivity index (χ4n) is 2.45. The van der Waals surface area contributed by atoms with Gasteiger partial charge >= 0.3 is 5.97 Å². The van der Waals surface area contributed by atoms with Crippen molar-refractivity contribution in [2.24, 2.45) is 22.2 Å². The van der Waals surface area contributed by atoms with Gasteiger partial charge in [-0.3, -0.25) is 14.6 Å². The van der Waals surface area contributed by atoms with Crippen molar-refractivity contribution in [3.63, 3.8) is 0 Å². The Balaban J connectivity index is 2.79. The molecule has 29 heavy (non-hydrogen) atoms. The normalized spacial score (nSPS) is 13.6. The van der Waals surface area contributed by atoms with Gasteiger partial charge in [-0.1, -0.05) is 30.3 Å². The van der Waals surface area contributed by atoms with E-state index in [1.165, 1.54) is 0 Å². The summed E-state index contributed by atoms with van der Waals surface area (Å²) in [5, 5.41) is 22.9. The van der Waals surface area contributed by atoms with Gasteiger partial charge in [-0.2, -0.15) is 0 Å². The van der Waals surface area contributed by atoms with E-state index in [0.29, 0.717) is 13.0 Å². The number of aliphatic hydroxyl groups is 1. The molecule has 10 N–H and O–H groups in total. The molecule has 0 aliphatic rings. The standard InChI is InChI=1S/C18H28N6O5/c19-12(7-4-8-22-18(20)21)15(26)23-13(9-11-5-2-1-3-6-11)16(27)24-14(10-25)17(28)29/h1-3,5-6,12-14,25H,4,7-10,19H2,(H,23,26)(H,24,27)(H,28,29)(H4,20,21,22)/t12-,13-,14-/m0/s1. The maximum absolute atomic E-state index is 12.5. The minimum absolute atomic E-state index is 0.0560. The molecule has 0 aliphatic carbocycles. The van der Waals surface area contributed by atoms with Crippen molar-refractivity contribution in [3.05, 3.63) is 35.9 Å². The predicted molar refractivity (Wildman–Crippen MR) is 107 cm³/mol. The largest absolute Gasteiger partial charge is 0.480 e. The van der Waals surface area contributed by atoms with Crippen LogP contribution in [0.5, 0.6) is 0 Å². The molecule has 0 aliphatic heterocycles. The fourth-order valence-corrected chi connectivity index (χ4v) is 2.45. The van der Waals surface area contributed by atoms with E-state index in [9.17, 15) is 14.4 Å². The van der Waals surface area contributed by atoms with Crippen molar-refractivity contribution in [2.75, 3.05) is 13.2 Å². The second-order valence-corrected chi connectivity index (χ2v) is 6.39. The van der Waals surface area contributed by atoms with Gasteiger partial charge in [-0.05, 0) is 18.4 Å². The molecule has 1 aromatic rings. The zero-order chi connectivity index (χ0) is 21.8. The zero-order valence-electron chi connectivity index (χ0n) is 16.0. The average molecular weight is 408 g/mol. The van der Waals surface area contributed by atoms with Crippen LogP contribution in [0, 0.1) is 0 Å². The van der Waals surface area contributed by atoms with Crippen molar-refractivity contribution in [2.45, 2.75) is 37.4 Å². The maximum Gasteiger partial charge on any atom is 0.328 e. The van der Waals surface area contributed by atoms with Crippen LogP contribution >= 0.6 is 0 Å². The number of guanidine groups is 1. The Morgan fingerprint density at radius 2 is 1.66 bits per heavy atom. The minimum atomic E-state index is -1.48. The number of benzene rings is 1. The number of hydrogen-bond acceptors (Lipinski definition) is 6. The molecular weight excluding hydrogens is 380 g/mol. The van der Waals surface area contributed by atoms with Gasteiger partial charge in [0.2, 0.25) is 11.8 Å². The van der Waals surface area contributed by atoms with E-state index in [2.05, 4.69) is 15.6 Å². The fraction of sp³-hybridized carbons (Fsp3) is 0.444. The number of nitrogens with one attached hydrogen (secondary N) is 2. The lowest BCUT2D eigenvalue weighted by atomic mass is 10.0. The number of carboxylic acid groups (broad SMARTS) is 1. The highest BCUT2D eigenvalue weighted by molar-refractivity contribution is 5.92. The van der Waals surface area contributed by atoms with Crippen LogP contribution in [0.25, 0.3) is 0 Å². The quantitative estimate of drug-likeness (QED) is 0.113. The summed E-state index contributed by atoms with van der Waals surface area (Å²) < 4.78 is 0. The van der Waals surface area contributed by atoms with Crippen LogP contribution in [0.1, 0.15) is 18.4 Å². The number of aliphatic hydroxyl groups excluding tert-OH is 1. The topological polar surface area (TPSA) is 206 Å². The van der Waals surface area contributed by atoms with Gasteiger partial charge in [-0.25, -0.2) is 4.79 Å². The Bertz CT molecular complexity index is 708. The molecule has 1 aromatic carbocycles. The number of amides is 2. The summed E-state index contributed by atoms with van der Waals surface area (Å²) >= 11 is 0. The lowest BCUT2D eigenvalue weighted by Crippen LogP contribution is -2.55. The third kappa shape index (κ3) is 9.04. The second kappa shape index (κ2) is 12.3. The molecule has 3 atom stereocenters. The SMILES string of the molecule is NC(N)=NCCC[C@H](N)C(=O)N[C@@H](Cc1ccccc1)C(=O)N[C@@H](CO)C(=O)O. The number of aliphatic carboxylic acids is 1. The van der Waals surface area contributed by atoms with Crippen LogP contribution in [-0.2, 0) is 20.8 Å². The van der Waals surface area contributed by atoms with Crippen molar-refractivity contribution < 1.29 is 24.6 Å². The molecule has 0 bridgehead atoms. The molecular formula is C18H28N6O5. The first-order valence-corrected chi connectivity index (χ1v) is 9.04. The minimum Gasteiger partial charge on any atom is -0.480 e. The predicted octanol–water partition coefficient (Wildman–Crippen LogP) is -2.34. The van der Waals surface area contributed by atoms with Crippen molar-refractivity contribution in [1.29, 1.82) is 0 Å². The molecule has 11 heteroatoms. The molecule has 160 valence electrons. The van der Waals surface area contributed by atoms with Gasteiger partial charge in [0.15, 0.2) is 5.96 Å². The summed E-state index contributed by atoms with van der Waals surface area (Å²) in [7, 11) is 0. The van der Waals surface area contributed by atoms with Crippen LogP contribution in [0.2, 0.25) is 0 Å². The Hall–Kier alpha value is -3.18. The molecule has 0 heterocycles. The molecule has 11 nitrogen and oxygen atoms in total. The third-order valence-corrected chi connectivity index (χ3v) is 4.02. The number of carboxylic acids is 1. The first kappa shape index (κ1) is 23.9. The molecule has 2 amide bonds. The maximum atomic E-state index is 12.5. The summed E-state index contributed by atoms with van der Waals surface area (Å²) in [6.45, 7) is -0.467. The molecule has 1 rings (SSSR count). The van der Waals surface area contributed by atoms with Gasteiger partial charge < -0.3 is 38.0 Å². The van der Waals surface area contributed by atoms with E-state index in [4.69, 9.17) is 27.4 Å². The number of carbonyl (C=O) groups excluding carboxylic acids is 2. The summed E-state index contributed by atoms with van der Waals surface area (Å²) in [6.07, 6.45) is 0.876. The number of nitrogens with zero attached hydrogens (tertiary/aromatic N) is 1. The Morgan fingerprint density at radius 1 is 1.03 bits per heavy atom. The first-order chi connectivity index (χ1) is 13.7. The Labute approximate surface area is 168 Å². The number of aliphatic imine (C=N–C) groups is 1. The van der Waals surface area contributed by atoms with Crippen LogP contribution in [0.15, 0.2) is 35.3 Å². The number of nitrogens with two attached hydrogens (primary N) is 3. The lowest BCUT2D eigenvalue weighted by Gasteiger charge is -2.22. The van der Waals surface area contributed by atoms with Gasteiger partial charge in [0.25, 0.3) is 0 Å². The monoisotopic (exact) mass is 408 g/mol. The van der Waals surface area contributed by atoms with Gasteiger partial charge in [0.1, 0.15) is 12.1 Å². The molecule has 0 fully saturated rings. The van der Waals surface area contributed by atoms with E-state index in [1.54, 1.807) is 30.3 Å².